The normalized spacial score (nSPS) is 10.7. The van der Waals surface area contributed by atoms with Gasteiger partial charge in [-0.1, -0.05) is 17.3 Å². The molecule has 35 heavy (non-hydrogen) atoms. The summed E-state index contributed by atoms with van der Waals surface area (Å²) >= 11 is 1.22. The van der Waals surface area contributed by atoms with Crippen LogP contribution in [0, 0.1) is 19.7 Å². The molecule has 180 valence electrons. The topological polar surface area (TPSA) is 104 Å². The van der Waals surface area contributed by atoms with Crippen molar-refractivity contribution in [2.75, 3.05) is 11.9 Å². The first-order valence-electron chi connectivity index (χ1n) is 10.7. The lowest BCUT2D eigenvalue weighted by molar-refractivity contribution is -0.146. The second-order valence-corrected chi connectivity index (χ2v) is 8.52. The predicted octanol–water partition coefficient (Wildman–Crippen LogP) is 4.86. The number of hydrogen-bond acceptors (Lipinski definition) is 8. The van der Waals surface area contributed by atoms with Gasteiger partial charge in [-0.25, -0.2) is 9.37 Å². The fourth-order valence-electron chi connectivity index (χ4n) is 3.17. The van der Waals surface area contributed by atoms with Crippen LogP contribution in [0.3, 0.4) is 0 Å². The van der Waals surface area contributed by atoms with E-state index < -0.39 is 18.5 Å². The molecule has 0 radical (unpaired) electrons. The molecule has 8 nitrogen and oxygen atoms in total. The second-order valence-electron chi connectivity index (χ2n) is 7.67. The summed E-state index contributed by atoms with van der Waals surface area (Å²) in [6.07, 6.45) is 0.0173. The molecular weight excluding hydrogens is 473 g/mol. The van der Waals surface area contributed by atoms with E-state index in [0.29, 0.717) is 28.9 Å². The highest BCUT2D eigenvalue weighted by Crippen LogP contribution is 2.25. The lowest BCUT2D eigenvalue weighted by atomic mass is 10.1. The van der Waals surface area contributed by atoms with Crippen molar-refractivity contribution in [3.63, 3.8) is 0 Å². The summed E-state index contributed by atoms with van der Waals surface area (Å²) in [6, 6.07) is 12.9. The van der Waals surface area contributed by atoms with Crippen LogP contribution in [0.4, 0.5) is 9.52 Å². The van der Waals surface area contributed by atoms with E-state index in [-0.39, 0.29) is 12.2 Å². The number of amides is 1. The Hall–Kier alpha value is -4.05. The van der Waals surface area contributed by atoms with E-state index in [9.17, 15) is 14.0 Å². The minimum absolute atomic E-state index is 0.0173. The molecule has 2 aromatic heterocycles. The zero-order valence-electron chi connectivity index (χ0n) is 19.0. The zero-order valence-corrected chi connectivity index (χ0v) is 19.9. The molecule has 0 spiro atoms. The SMILES string of the molecule is Cc1noc(C)c1COc1ccc(CC(=O)OCC(=O)Nc2nc(-c3ccc(F)cc3)cs2)cc1. The molecule has 0 aliphatic heterocycles. The number of carbonyl (C=O) groups is 2. The molecule has 4 rings (SSSR count). The van der Waals surface area contributed by atoms with Gasteiger partial charge >= 0.3 is 5.97 Å². The lowest BCUT2D eigenvalue weighted by Gasteiger charge is -2.08. The molecule has 0 aliphatic carbocycles. The summed E-state index contributed by atoms with van der Waals surface area (Å²) in [5, 5.41) is 8.59. The fraction of sp³-hybridized carbons (Fsp3) is 0.200. The molecule has 10 heteroatoms. The molecule has 2 aromatic carbocycles. The van der Waals surface area contributed by atoms with Crippen LogP contribution in [0.2, 0.25) is 0 Å². The molecule has 0 bridgehead atoms. The number of thiazole rings is 1. The summed E-state index contributed by atoms with van der Waals surface area (Å²) in [7, 11) is 0. The van der Waals surface area contributed by atoms with Crippen LogP contribution in [-0.2, 0) is 27.4 Å². The molecular formula is C25H22FN3O5S. The lowest BCUT2D eigenvalue weighted by Crippen LogP contribution is -2.21. The highest BCUT2D eigenvalue weighted by Gasteiger charge is 2.13. The Labute approximate surface area is 204 Å². The van der Waals surface area contributed by atoms with E-state index in [1.807, 2.05) is 13.8 Å². The van der Waals surface area contributed by atoms with Gasteiger partial charge in [0, 0.05) is 10.9 Å². The molecule has 1 amide bonds. The van der Waals surface area contributed by atoms with Gasteiger partial charge in [-0.3, -0.25) is 14.9 Å². The number of aryl methyl sites for hydroxylation is 2. The molecule has 0 saturated heterocycles. The first-order valence-corrected chi connectivity index (χ1v) is 11.6. The second kappa shape index (κ2) is 10.9. The van der Waals surface area contributed by atoms with E-state index in [0.717, 1.165) is 22.4 Å². The van der Waals surface area contributed by atoms with Crippen molar-refractivity contribution in [2.45, 2.75) is 26.9 Å². The number of esters is 1. The average molecular weight is 496 g/mol. The van der Waals surface area contributed by atoms with Gasteiger partial charge in [0.05, 0.1) is 23.4 Å². The van der Waals surface area contributed by atoms with Crippen LogP contribution in [0.25, 0.3) is 11.3 Å². The van der Waals surface area contributed by atoms with Gasteiger partial charge in [-0.05, 0) is 55.8 Å². The van der Waals surface area contributed by atoms with Gasteiger partial charge < -0.3 is 14.0 Å². The molecule has 1 N–H and O–H groups in total. The minimum Gasteiger partial charge on any atom is -0.489 e. The van der Waals surface area contributed by atoms with Gasteiger partial charge in [0.25, 0.3) is 5.91 Å². The number of nitrogens with zero attached hydrogens (tertiary/aromatic N) is 2. The van der Waals surface area contributed by atoms with Crippen molar-refractivity contribution in [3.05, 3.63) is 82.3 Å². The Morgan fingerprint density at radius 2 is 1.83 bits per heavy atom. The van der Waals surface area contributed by atoms with E-state index in [1.165, 1.54) is 23.5 Å². The smallest absolute Gasteiger partial charge is 0.310 e. The molecule has 0 saturated carbocycles. The van der Waals surface area contributed by atoms with Gasteiger partial charge in [0.15, 0.2) is 11.7 Å². The van der Waals surface area contributed by atoms with Crippen LogP contribution in [-0.4, -0.2) is 28.6 Å². The summed E-state index contributed by atoms with van der Waals surface area (Å²) in [5.74, 6) is -0.00644. The van der Waals surface area contributed by atoms with Crippen molar-refractivity contribution in [1.82, 2.24) is 10.1 Å². The third-order valence-corrected chi connectivity index (χ3v) is 5.85. The van der Waals surface area contributed by atoms with E-state index in [2.05, 4.69) is 15.5 Å². The summed E-state index contributed by atoms with van der Waals surface area (Å²) in [6.45, 7) is 3.59. The highest BCUT2D eigenvalue weighted by molar-refractivity contribution is 7.14. The molecule has 2 heterocycles. The van der Waals surface area contributed by atoms with E-state index in [4.69, 9.17) is 14.0 Å². The fourth-order valence-corrected chi connectivity index (χ4v) is 3.91. The Bertz CT molecular complexity index is 1300. The van der Waals surface area contributed by atoms with E-state index >= 15 is 0 Å². The number of ether oxygens (including phenoxy) is 2. The highest BCUT2D eigenvalue weighted by atomic mass is 32.1. The standard InChI is InChI=1S/C25H22FN3O5S/c1-15-21(16(2)34-29-15)12-32-20-9-3-17(4-10-20)11-24(31)33-13-23(30)28-25-27-22(14-35-25)18-5-7-19(26)8-6-18/h3-10,14H,11-13H2,1-2H3,(H,27,28,30). The molecule has 0 unspecified atom stereocenters. The maximum atomic E-state index is 13.1. The Kier molecular flexibility index (Phi) is 7.51. The van der Waals surface area contributed by atoms with Crippen molar-refractivity contribution < 1.29 is 28.0 Å². The van der Waals surface area contributed by atoms with Crippen molar-refractivity contribution >= 4 is 28.3 Å². The maximum absolute atomic E-state index is 13.1. The largest absolute Gasteiger partial charge is 0.489 e. The number of halogens is 1. The zero-order chi connectivity index (χ0) is 24.8. The average Bonchev–Trinajstić information content (AvgIpc) is 3.44. The Morgan fingerprint density at radius 1 is 1.09 bits per heavy atom. The minimum atomic E-state index is -0.532. The molecule has 4 aromatic rings. The number of rotatable bonds is 9. The quantitative estimate of drug-likeness (QED) is 0.331. The Morgan fingerprint density at radius 3 is 2.51 bits per heavy atom. The van der Waals surface area contributed by atoms with Crippen LogP contribution in [0.1, 0.15) is 22.6 Å². The monoisotopic (exact) mass is 495 g/mol. The van der Waals surface area contributed by atoms with Crippen LogP contribution >= 0.6 is 11.3 Å². The number of hydrogen-bond donors (Lipinski definition) is 1. The molecule has 0 aliphatic rings. The van der Waals surface area contributed by atoms with Gasteiger partial charge in [-0.15, -0.1) is 11.3 Å². The predicted molar refractivity (Wildman–Crippen MR) is 128 cm³/mol. The first kappa shape index (κ1) is 24.1. The number of nitrogens with one attached hydrogen (secondary N) is 1. The third-order valence-electron chi connectivity index (χ3n) is 5.09. The van der Waals surface area contributed by atoms with Gasteiger partial charge in [-0.2, -0.15) is 0 Å². The van der Waals surface area contributed by atoms with Crippen molar-refractivity contribution in [2.24, 2.45) is 0 Å². The number of anilines is 1. The van der Waals surface area contributed by atoms with Crippen LogP contribution in [0.15, 0.2) is 58.4 Å². The first-order chi connectivity index (χ1) is 16.9. The van der Waals surface area contributed by atoms with E-state index in [1.54, 1.807) is 41.8 Å². The van der Waals surface area contributed by atoms with Gasteiger partial charge in [0.1, 0.15) is 23.9 Å². The van der Waals surface area contributed by atoms with Crippen LogP contribution in [0.5, 0.6) is 5.75 Å². The summed E-state index contributed by atoms with van der Waals surface area (Å²) in [4.78, 5) is 28.6. The third kappa shape index (κ3) is 6.51. The number of aromatic nitrogens is 2. The molecule has 0 fully saturated rings. The number of carbonyl (C=O) groups excluding carboxylic acids is 2. The number of benzene rings is 2. The van der Waals surface area contributed by atoms with Crippen molar-refractivity contribution in [1.29, 1.82) is 0 Å². The molecule has 0 atom stereocenters. The maximum Gasteiger partial charge on any atom is 0.310 e. The van der Waals surface area contributed by atoms with Crippen molar-refractivity contribution in [3.8, 4) is 17.0 Å². The Balaban J connectivity index is 1.21. The summed E-state index contributed by atoms with van der Waals surface area (Å²) in [5.41, 5.74) is 3.76. The van der Waals surface area contributed by atoms with Crippen LogP contribution < -0.4 is 10.1 Å². The van der Waals surface area contributed by atoms with Gasteiger partial charge in [0.2, 0.25) is 0 Å². The summed E-state index contributed by atoms with van der Waals surface area (Å²) < 4.78 is 29.0.